The number of carbonyl (C=O) groups excluding carboxylic acids is 1. The van der Waals surface area contributed by atoms with Crippen molar-refractivity contribution < 1.29 is 18.3 Å². The fourth-order valence-electron chi connectivity index (χ4n) is 3.90. The molecule has 1 aliphatic heterocycles. The standard InChI is InChI=1S/C18H25ClF2N4O2/c1-17(2,3)27-16(26)25-8-10-5-12(6-11(10)9-25)22-15-13(18(4,20)21)7-14(19)23-24-15/h7,10-12H,5-6,8-9H2,1-4H3,(H,22,24)/t10-,11+,12?. The second kappa shape index (κ2) is 7.04. The lowest BCUT2D eigenvalue weighted by Crippen LogP contribution is -2.36. The highest BCUT2D eigenvalue weighted by atomic mass is 35.5. The minimum absolute atomic E-state index is 0.0114. The number of ether oxygens (including phenoxy) is 1. The molecule has 150 valence electrons. The van der Waals surface area contributed by atoms with Crippen LogP contribution >= 0.6 is 11.6 Å². The topological polar surface area (TPSA) is 67.3 Å². The highest BCUT2D eigenvalue weighted by Gasteiger charge is 2.44. The molecule has 1 amide bonds. The summed E-state index contributed by atoms with van der Waals surface area (Å²) in [6.07, 6.45) is 1.27. The second-order valence-corrected chi connectivity index (χ2v) is 8.92. The molecule has 1 aromatic heterocycles. The summed E-state index contributed by atoms with van der Waals surface area (Å²) in [5, 5.41) is 10.6. The Morgan fingerprint density at radius 3 is 2.33 bits per heavy atom. The van der Waals surface area contributed by atoms with Gasteiger partial charge < -0.3 is 15.0 Å². The zero-order valence-corrected chi connectivity index (χ0v) is 16.7. The van der Waals surface area contributed by atoms with E-state index in [0.717, 1.165) is 25.8 Å². The predicted molar refractivity (Wildman–Crippen MR) is 98.0 cm³/mol. The van der Waals surface area contributed by atoms with E-state index in [0.29, 0.717) is 24.9 Å². The van der Waals surface area contributed by atoms with Gasteiger partial charge in [-0.1, -0.05) is 11.6 Å². The highest BCUT2D eigenvalue weighted by molar-refractivity contribution is 6.29. The monoisotopic (exact) mass is 402 g/mol. The normalized spacial score (nSPS) is 25.4. The van der Waals surface area contributed by atoms with Gasteiger partial charge in [0, 0.05) is 26.1 Å². The third kappa shape index (κ3) is 4.78. The number of aromatic nitrogens is 2. The van der Waals surface area contributed by atoms with Gasteiger partial charge in [0.15, 0.2) is 11.0 Å². The lowest BCUT2D eigenvalue weighted by atomic mass is 10.0. The molecular weight excluding hydrogens is 378 g/mol. The van der Waals surface area contributed by atoms with Crippen LogP contribution in [0.2, 0.25) is 5.15 Å². The first kappa shape index (κ1) is 20.0. The van der Waals surface area contributed by atoms with Gasteiger partial charge in [0.2, 0.25) is 0 Å². The smallest absolute Gasteiger partial charge is 0.410 e. The van der Waals surface area contributed by atoms with Gasteiger partial charge in [-0.3, -0.25) is 0 Å². The van der Waals surface area contributed by atoms with Gasteiger partial charge in [0.25, 0.3) is 5.92 Å². The Kier molecular flexibility index (Phi) is 5.22. The van der Waals surface area contributed by atoms with Crippen molar-refractivity contribution in [3.63, 3.8) is 0 Å². The molecule has 2 aliphatic rings. The van der Waals surface area contributed by atoms with Crippen molar-refractivity contribution in [1.29, 1.82) is 0 Å². The molecule has 2 heterocycles. The average molecular weight is 403 g/mol. The van der Waals surface area contributed by atoms with Gasteiger partial charge in [0.05, 0.1) is 5.56 Å². The van der Waals surface area contributed by atoms with Gasteiger partial charge in [0.1, 0.15) is 5.60 Å². The molecule has 3 atom stereocenters. The van der Waals surface area contributed by atoms with Crippen LogP contribution in [0.25, 0.3) is 0 Å². The number of amides is 1. The lowest BCUT2D eigenvalue weighted by Gasteiger charge is -2.25. The van der Waals surface area contributed by atoms with E-state index >= 15 is 0 Å². The van der Waals surface area contributed by atoms with Crippen molar-refractivity contribution in [2.75, 3.05) is 18.4 Å². The van der Waals surface area contributed by atoms with Crippen LogP contribution in [0.1, 0.15) is 46.1 Å². The molecule has 27 heavy (non-hydrogen) atoms. The summed E-state index contributed by atoms with van der Waals surface area (Å²) in [6, 6.07) is 1.16. The Bertz CT molecular complexity index is 706. The third-order valence-electron chi connectivity index (χ3n) is 4.98. The Morgan fingerprint density at radius 1 is 1.22 bits per heavy atom. The molecule has 1 saturated carbocycles. The van der Waals surface area contributed by atoms with E-state index in [1.165, 1.54) is 0 Å². The van der Waals surface area contributed by atoms with Crippen molar-refractivity contribution in [3.05, 3.63) is 16.8 Å². The molecule has 1 N–H and O–H groups in total. The van der Waals surface area contributed by atoms with Crippen LogP contribution in [0.4, 0.5) is 19.4 Å². The Labute approximate surface area is 162 Å². The fraction of sp³-hybridized carbons (Fsp3) is 0.722. The number of anilines is 1. The number of carbonyl (C=O) groups is 1. The first-order chi connectivity index (χ1) is 12.4. The van der Waals surface area contributed by atoms with Gasteiger partial charge in [-0.25, -0.2) is 13.6 Å². The van der Waals surface area contributed by atoms with Gasteiger partial charge >= 0.3 is 6.09 Å². The average Bonchev–Trinajstić information content (AvgIpc) is 3.04. The number of rotatable bonds is 3. The van der Waals surface area contributed by atoms with E-state index in [9.17, 15) is 13.6 Å². The van der Waals surface area contributed by atoms with Crippen molar-refractivity contribution in [2.24, 2.45) is 11.8 Å². The van der Waals surface area contributed by atoms with Gasteiger partial charge in [-0.2, -0.15) is 0 Å². The van der Waals surface area contributed by atoms with E-state index in [1.807, 2.05) is 20.8 Å². The minimum atomic E-state index is -3.07. The van der Waals surface area contributed by atoms with Crippen LogP contribution in [-0.4, -0.2) is 45.9 Å². The van der Waals surface area contributed by atoms with E-state index in [1.54, 1.807) is 4.90 Å². The Balaban J connectivity index is 1.61. The zero-order valence-electron chi connectivity index (χ0n) is 15.9. The predicted octanol–water partition coefficient (Wildman–Crippen LogP) is 4.30. The van der Waals surface area contributed by atoms with Crippen molar-refractivity contribution in [3.8, 4) is 0 Å². The summed E-state index contributed by atoms with van der Waals surface area (Å²) in [5.41, 5.74) is -0.775. The summed E-state index contributed by atoms with van der Waals surface area (Å²) >= 11 is 5.72. The molecule has 3 rings (SSSR count). The first-order valence-corrected chi connectivity index (χ1v) is 9.46. The second-order valence-electron chi connectivity index (χ2n) is 8.54. The number of likely N-dealkylation sites (tertiary alicyclic amines) is 1. The van der Waals surface area contributed by atoms with Crippen LogP contribution in [0, 0.1) is 11.8 Å². The lowest BCUT2D eigenvalue weighted by molar-refractivity contribution is 0.0176. The molecule has 1 unspecified atom stereocenters. The maximum absolute atomic E-state index is 13.9. The van der Waals surface area contributed by atoms with Crippen molar-refractivity contribution in [1.82, 2.24) is 15.1 Å². The maximum atomic E-state index is 13.9. The van der Waals surface area contributed by atoms with E-state index in [2.05, 4.69) is 15.5 Å². The summed E-state index contributed by atoms with van der Waals surface area (Å²) in [6.45, 7) is 7.59. The first-order valence-electron chi connectivity index (χ1n) is 9.08. The van der Waals surface area contributed by atoms with Crippen molar-refractivity contribution in [2.45, 2.75) is 58.1 Å². The highest BCUT2D eigenvalue weighted by Crippen LogP contribution is 2.41. The third-order valence-corrected chi connectivity index (χ3v) is 5.17. The number of halogens is 3. The van der Waals surface area contributed by atoms with Gasteiger partial charge in [-0.15, -0.1) is 10.2 Å². The number of hydrogen-bond acceptors (Lipinski definition) is 5. The molecular formula is C18H25ClF2N4O2. The van der Waals surface area contributed by atoms with Crippen LogP contribution in [0.3, 0.4) is 0 Å². The number of nitrogens with one attached hydrogen (secondary N) is 1. The zero-order chi connectivity index (χ0) is 20.0. The number of hydrogen-bond donors (Lipinski definition) is 1. The van der Waals surface area contributed by atoms with Crippen LogP contribution in [0.5, 0.6) is 0 Å². The number of fused-ring (bicyclic) bond motifs is 1. The molecule has 1 aromatic rings. The summed E-state index contributed by atoms with van der Waals surface area (Å²) in [5.74, 6) is -2.35. The molecule has 1 saturated heterocycles. The summed E-state index contributed by atoms with van der Waals surface area (Å²) in [4.78, 5) is 14.0. The van der Waals surface area contributed by atoms with Crippen LogP contribution in [0.15, 0.2) is 6.07 Å². The molecule has 0 radical (unpaired) electrons. The molecule has 2 fully saturated rings. The maximum Gasteiger partial charge on any atom is 0.410 e. The molecule has 6 nitrogen and oxygen atoms in total. The van der Waals surface area contributed by atoms with Gasteiger partial charge in [-0.05, 0) is 51.5 Å². The largest absolute Gasteiger partial charge is 0.444 e. The summed E-state index contributed by atoms with van der Waals surface area (Å²) in [7, 11) is 0. The van der Waals surface area contributed by atoms with Crippen LogP contribution < -0.4 is 5.32 Å². The quantitative estimate of drug-likeness (QED) is 0.816. The summed E-state index contributed by atoms with van der Waals surface area (Å²) < 4.78 is 33.1. The van der Waals surface area contributed by atoms with E-state index in [-0.39, 0.29) is 28.7 Å². The molecule has 9 heteroatoms. The van der Waals surface area contributed by atoms with E-state index < -0.39 is 11.5 Å². The Hall–Kier alpha value is -1.70. The minimum Gasteiger partial charge on any atom is -0.444 e. The molecule has 0 bridgehead atoms. The molecule has 1 aliphatic carbocycles. The molecule has 0 spiro atoms. The van der Waals surface area contributed by atoms with Crippen molar-refractivity contribution >= 4 is 23.5 Å². The van der Waals surface area contributed by atoms with Crippen LogP contribution in [-0.2, 0) is 10.7 Å². The van der Waals surface area contributed by atoms with E-state index in [4.69, 9.17) is 16.3 Å². The Morgan fingerprint density at radius 2 is 1.81 bits per heavy atom. The number of nitrogens with zero attached hydrogens (tertiary/aromatic N) is 3. The SMILES string of the molecule is CC(C)(C)OC(=O)N1C[C@H]2CC(Nc3nnc(Cl)cc3C(C)(F)F)C[C@H]2C1. The fourth-order valence-corrected chi connectivity index (χ4v) is 4.04. The number of alkyl halides is 2. The molecule has 0 aromatic carbocycles.